The van der Waals surface area contributed by atoms with E-state index in [0.29, 0.717) is 33.9 Å². The minimum Gasteiger partial charge on any atom is -0.339 e. The van der Waals surface area contributed by atoms with Crippen LogP contribution in [-0.4, -0.2) is 16.0 Å². The van der Waals surface area contributed by atoms with Gasteiger partial charge in [-0.05, 0) is 46.9 Å². The number of carbonyl (C=O) groups is 1. The van der Waals surface area contributed by atoms with E-state index < -0.39 is 0 Å². The normalized spacial score (nSPS) is 10.7. The van der Waals surface area contributed by atoms with Crippen molar-refractivity contribution in [1.29, 1.82) is 0 Å². The van der Waals surface area contributed by atoms with Gasteiger partial charge in [-0.15, -0.1) is 0 Å². The molecule has 0 aliphatic carbocycles. The summed E-state index contributed by atoms with van der Waals surface area (Å²) >= 11 is 14.3. The van der Waals surface area contributed by atoms with E-state index in [4.69, 9.17) is 27.7 Å². The maximum Gasteiger partial charge on any atom is 0.227 e. The first kappa shape index (κ1) is 18.2. The Labute approximate surface area is 167 Å². The second-order valence-corrected chi connectivity index (χ2v) is 7.22. The van der Waals surface area contributed by atoms with Gasteiger partial charge < -0.3 is 9.84 Å². The molecule has 0 aliphatic rings. The number of carbonyl (C=O) groups excluding carboxylic acids is 1. The molecule has 0 aliphatic heterocycles. The maximum atomic E-state index is 12.1. The van der Waals surface area contributed by atoms with Gasteiger partial charge in [0.15, 0.2) is 0 Å². The number of benzene rings is 2. The van der Waals surface area contributed by atoms with Gasteiger partial charge in [0, 0.05) is 22.0 Å². The minimum atomic E-state index is -0.232. The van der Waals surface area contributed by atoms with Crippen LogP contribution in [0.5, 0.6) is 0 Å². The van der Waals surface area contributed by atoms with Gasteiger partial charge in [-0.2, -0.15) is 4.98 Å². The predicted octanol–water partition coefficient (Wildman–Crippen LogP) is 5.22. The van der Waals surface area contributed by atoms with Crippen LogP contribution >= 0.6 is 45.8 Å². The number of rotatable bonds is 5. The Balaban J connectivity index is 1.60. The van der Waals surface area contributed by atoms with Crippen molar-refractivity contribution in [1.82, 2.24) is 10.1 Å². The Hall–Kier alpha value is -1.64. The lowest BCUT2D eigenvalue weighted by atomic mass is 10.2. The van der Waals surface area contributed by atoms with Crippen LogP contribution in [0.3, 0.4) is 0 Å². The zero-order valence-electron chi connectivity index (χ0n) is 12.8. The SMILES string of the molecule is O=C(CCc1nc(-c2ccc(I)cc2)no1)Nc1c(Cl)cccc1Cl. The van der Waals surface area contributed by atoms with E-state index in [1.165, 1.54) is 0 Å². The Kier molecular flexibility index (Phi) is 5.93. The molecule has 0 radical (unpaired) electrons. The fourth-order valence-corrected chi connectivity index (χ4v) is 2.96. The van der Waals surface area contributed by atoms with Crippen molar-refractivity contribution in [3.63, 3.8) is 0 Å². The summed E-state index contributed by atoms with van der Waals surface area (Å²) in [5.41, 5.74) is 1.27. The molecule has 1 amide bonds. The van der Waals surface area contributed by atoms with Crippen LogP contribution in [0.2, 0.25) is 10.0 Å². The van der Waals surface area contributed by atoms with Crippen LogP contribution in [-0.2, 0) is 11.2 Å². The average molecular weight is 488 g/mol. The molecule has 128 valence electrons. The van der Waals surface area contributed by atoms with Crippen LogP contribution in [0.25, 0.3) is 11.4 Å². The van der Waals surface area contributed by atoms with Gasteiger partial charge in [-0.1, -0.05) is 46.6 Å². The lowest BCUT2D eigenvalue weighted by molar-refractivity contribution is -0.116. The number of anilines is 1. The third kappa shape index (κ3) is 4.71. The summed E-state index contributed by atoms with van der Waals surface area (Å²) in [5.74, 6) is 0.666. The Bertz CT molecular complexity index is 877. The van der Waals surface area contributed by atoms with E-state index in [1.807, 2.05) is 24.3 Å². The molecule has 0 fully saturated rings. The molecule has 1 N–H and O–H groups in total. The van der Waals surface area contributed by atoms with Gasteiger partial charge in [0.2, 0.25) is 17.6 Å². The van der Waals surface area contributed by atoms with E-state index in [9.17, 15) is 4.79 Å². The summed E-state index contributed by atoms with van der Waals surface area (Å²) in [6.07, 6.45) is 0.501. The molecule has 25 heavy (non-hydrogen) atoms. The summed E-state index contributed by atoms with van der Waals surface area (Å²) < 4.78 is 6.33. The molecule has 3 rings (SSSR count). The standard InChI is InChI=1S/C17H12Cl2IN3O2/c18-12-2-1-3-13(19)16(12)21-14(24)8-9-15-22-17(23-25-15)10-4-6-11(20)7-5-10/h1-7H,8-9H2,(H,21,24). The number of hydrogen-bond donors (Lipinski definition) is 1. The third-order valence-electron chi connectivity index (χ3n) is 3.36. The minimum absolute atomic E-state index is 0.176. The smallest absolute Gasteiger partial charge is 0.227 e. The topological polar surface area (TPSA) is 68.0 Å². The molecule has 2 aromatic carbocycles. The molecule has 0 unspecified atom stereocenters. The zero-order chi connectivity index (χ0) is 17.8. The molecule has 5 nitrogen and oxygen atoms in total. The summed E-state index contributed by atoms with van der Waals surface area (Å²) in [5, 5.41) is 7.42. The molecule has 8 heteroatoms. The first-order valence-corrected chi connectivity index (χ1v) is 9.19. The van der Waals surface area contributed by atoms with Gasteiger partial charge >= 0.3 is 0 Å². The molecule has 0 saturated heterocycles. The first-order valence-electron chi connectivity index (χ1n) is 7.35. The van der Waals surface area contributed by atoms with Crippen molar-refractivity contribution in [2.75, 3.05) is 5.32 Å². The number of hydrogen-bond acceptors (Lipinski definition) is 4. The number of aromatic nitrogens is 2. The number of para-hydroxylation sites is 1. The summed E-state index contributed by atoms with van der Waals surface area (Å²) in [6.45, 7) is 0. The molecule has 1 heterocycles. The molecule has 1 aromatic heterocycles. The van der Waals surface area contributed by atoms with E-state index in [2.05, 4.69) is 38.0 Å². The molecule has 3 aromatic rings. The zero-order valence-corrected chi connectivity index (χ0v) is 16.5. The van der Waals surface area contributed by atoms with E-state index in [1.54, 1.807) is 18.2 Å². The summed E-state index contributed by atoms with van der Waals surface area (Å²) in [6, 6.07) is 12.8. The lowest BCUT2D eigenvalue weighted by Crippen LogP contribution is -2.13. The molecular weight excluding hydrogens is 476 g/mol. The molecule has 0 saturated carbocycles. The highest BCUT2D eigenvalue weighted by atomic mass is 127. The van der Waals surface area contributed by atoms with Gasteiger partial charge in [-0.3, -0.25) is 4.79 Å². The largest absolute Gasteiger partial charge is 0.339 e. The van der Waals surface area contributed by atoms with Crippen LogP contribution in [0.4, 0.5) is 5.69 Å². The third-order valence-corrected chi connectivity index (χ3v) is 4.71. The quantitative estimate of drug-likeness (QED) is 0.501. The number of nitrogens with one attached hydrogen (secondary N) is 1. The van der Waals surface area contributed by atoms with Gasteiger partial charge in [0.05, 0.1) is 15.7 Å². The number of amides is 1. The first-order chi connectivity index (χ1) is 12.0. The number of halogens is 3. The van der Waals surface area contributed by atoms with Gasteiger partial charge in [0.1, 0.15) is 0 Å². The second-order valence-electron chi connectivity index (χ2n) is 5.16. The summed E-state index contributed by atoms with van der Waals surface area (Å²) in [4.78, 5) is 16.4. The maximum absolute atomic E-state index is 12.1. The van der Waals surface area contributed by atoms with Gasteiger partial charge in [0.25, 0.3) is 0 Å². The van der Waals surface area contributed by atoms with Gasteiger partial charge in [-0.25, -0.2) is 0 Å². The van der Waals surface area contributed by atoms with E-state index >= 15 is 0 Å². The second kappa shape index (κ2) is 8.16. The Morgan fingerprint density at radius 3 is 2.48 bits per heavy atom. The highest BCUT2D eigenvalue weighted by Gasteiger charge is 2.13. The fourth-order valence-electron chi connectivity index (χ4n) is 2.11. The van der Waals surface area contributed by atoms with Crippen molar-refractivity contribution in [3.8, 4) is 11.4 Å². The molecular formula is C17H12Cl2IN3O2. The Morgan fingerprint density at radius 1 is 1.12 bits per heavy atom. The van der Waals surface area contributed by atoms with E-state index in [0.717, 1.165) is 9.13 Å². The lowest BCUT2D eigenvalue weighted by Gasteiger charge is -2.08. The van der Waals surface area contributed by atoms with Crippen molar-refractivity contribution in [2.24, 2.45) is 0 Å². The Morgan fingerprint density at radius 2 is 1.80 bits per heavy atom. The van der Waals surface area contributed by atoms with Crippen molar-refractivity contribution < 1.29 is 9.32 Å². The van der Waals surface area contributed by atoms with Crippen LogP contribution in [0, 0.1) is 3.57 Å². The van der Waals surface area contributed by atoms with Crippen LogP contribution in [0.1, 0.15) is 12.3 Å². The highest BCUT2D eigenvalue weighted by molar-refractivity contribution is 14.1. The molecule has 0 spiro atoms. The van der Waals surface area contributed by atoms with Crippen molar-refractivity contribution >= 4 is 57.4 Å². The van der Waals surface area contributed by atoms with Crippen LogP contribution in [0.15, 0.2) is 47.0 Å². The predicted molar refractivity (Wildman–Crippen MR) is 106 cm³/mol. The van der Waals surface area contributed by atoms with Crippen molar-refractivity contribution in [2.45, 2.75) is 12.8 Å². The van der Waals surface area contributed by atoms with E-state index in [-0.39, 0.29) is 12.3 Å². The highest BCUT2D eigenvalue weighted by Crippen LogP contribution is 2.29. The monoisotopic (exact) mass is 487 g/mol. The number of aryl methyl sites for hydroxylation is 1. The average Bonchev–Trinajstić information content (AvgIpc) is 3.06. The molecule has 0 atom stereocenters. The van der Waals surface area contributed by atoms with Crippen molar-refractivity contribution in [3.05, 3.63) is 62.0 Å². The van der Waals surface area contributed by atoms with Crippen LogP contribution < -0.4 is 5.32 Å². The molecule has 0 bridgehead atoms. The summed E-state index contributed by atoms with van der Waals surface area (Å²) in [7, 11) is 0. The fraction of sp³-hybridized carbons (Fsp3) is 0.118. The number of nitrogens with zero attached hydrogens (tertiary/aromatic N) is 2.